The van der Waals surface area contributed by atoms with Crippen molar-refractivity contribution in [2.45, 2.75) is 18.9 Å². The molecule has 1 aliphatic carbocycles. The van der Waals surface area contributed by atoms with Crippen molar-refractivity contribution in [3.63, 3.8) is 0 Å². The second-order valence-corrected chi connectivity index (χ2v) is 7.29. The normalized spacial score (nSPS) is 15.0. The molecule has 3 aromatic heterocycles. The molecule has 11 nitrogen and oxygen atoms in total. The predicted octanol–water partition coefficient (Wildman–Crippen LogP) is 0.911. The quantitative estimate of drug-likeness (QED) is 0.417. The highest BCUT2D eigenvalue weighted by Gasteiger charge is 2.21. The number of rotatable bonds is 5. The van der Waals surface area contributed by atoms with Gasteiger partial charge in [-0.3, -0.25) is 4.98 Å². The molecule has 5 rings (SSSR count). The van der Waals surface area contributed by atoms with E-state index in [1.54, 1.807) is 25.3 Å². The van der Waals surface area contributed by atoms with Gasteiger partial charge in [-0.05, 0) is 31.1 Å². The van der Waals surface area contributed by atoms with E-state index in [0.717, 1.165) is 12.8 Å². The van der Waals surface area contributed by atoms with Crippen LogP contribution in [0.2, 0.25) is 5.02 Å². The molecule has 0 amide bonds. The number of hydrogen-bond acceptors (Lipinski definition) is 8. The number of aromatic hydroxyl groups is 1. The van der Waals surface area contributed by atoms with E-state index >= 15 is 0 Å². The summed E-state index contributed by atoms with van der Waals surface area (Å²) in [6, 6.07) is 5.18. The summed E-state index contributed by atoms with van der Waals surface area (Å²) in [5.74, 6) is 0.649. The molecule has 12 heteroatoms. The van der Waals surface area contributed by atoms with Crippen molar-refractivity contribution in [1.29, 1.82) is 0 Å². The molecule has 1 aromatic carbocycles. The number of nitrogens with one attached hydrogen (secondary N) is 2. The number of nitrogens with zero attached hydrogens (tertiary/aromatic N) is 5. The molecule has 1 aliphatic rings. The number of benzene rings is 1. The molecule has 1 fully saturated rings. The zero-order valence-electron chi connectivity index (χ0n) is 16.2. The zero-order valence-corrected chi connectivity index (χ0v) is 16.9. The average molecular weight is 442 g/mol. The number of methoxy groups -OCH3 is 1. The number of ether oxygens (including phenoxy) is 2. The van der Waals surface area contributed by atoms with Gasteiger partial charge in [-0.15, -0.1) is 0 Å². The van der Waals surface area contributed by atoms with E-state index in [9.17, 15) is 9.90 Å². The molecular formula is C19H16ClN7O4. The Bertz CT molecular complexity index is 1470. The third kappa shape index (κ3) is 3.82. The Morgan fingerprint density at radius 3 is 2.84 bits per heavy atom. The number of halogens is 1. The van der Waals surface area contributed by atoms with Gasteiger partial charge in [0.05, 0.1) is 24.4 Å². The Labute approximate surface area is 178 Å². The van der Waals surface area contributed by atoms with Crippen LogP contribution in [0.5, 0.6) is 23.4 Å². The van der Waals surface area contributed by atoms with Gasteiger partial charge in [0.1, 0.15) is 17.2 Å². The molecule has 158 valence electrons. The Morgan fingerprint density at radius 1 is 1.32 bits per heavy atom. The second-order valence-electron chi connectivity index (χ2n) is 6.89. The van der Waals surface area contributed by atoms with Gasteiger partial charge in [0.15, 0.2) is 5.65 Å². The van der Waals surface area contributed by atoms with E-state index < -0.39 is 5.69 Å². The number of imidazole rings is 1. The lowest BCUT2D eigenvalue weighted by molar-refractivity contribution is 0.410. The van der Waals surface area contributed by atoms with Crippen LogP contribution in [0.15, 0.2) is 34.2 Å². The van der Waals surface area contributed by atoms with Crippen LogP contribution >= 0.6 is 11.6 Å². The fourth-order valence-corrected chi connectivity index (χ4v) is 3.11. The van der Waals surface area contributed by atoms with Crippen molar-refractivity contribution in [3.8, 4) is 23.4 Å². The van der Waals surface area contributed by atoms with Crippen LogP contribution in [0.4, 0.5) is 0 Å². The van der Waals surface area contributed by atoms with E-state index in [2.05, 4.69) is 30.0 Å². The first-order chi connectivity index (χ1) is 15.0. The van der Waals surface area contributed by atoms with Crippen molar-refractivity contribution in [2.75, 3.05) is 7.11 Å². The van der Waals surface area contributed by atoms with Crippen molar-refractivity contribution < 1.29 is 14.6 Å². The summed E-state index contributed by atoms with van der Waals surface area (Å²) in [6.45, 7) is 0. The summed E-state index contributed by atoms with van der Waals surface area (Å²) in [4.78, 5) is 29.6. The molecule has 0 saturated heterocycles. The van der Waals surface area contributed by atoms with Crippen molar-refractivity contribution >= 4 is 23.3 Å². The van der Waals surface area contributed by atoms with Gasteiger partial charge in [-0.1, -0.05) is 11.6 Å². The smallest absolute Gasteiger partial charge is 0.327 e. The van der Waals surface area contributed by atoms with Crippen molar-refractivity contribution in [3.05, 3.63) is 56.4 Å². The SMILES string of the molecule is COc1ccc(Oc2nc(=NC3CC3)n3ncc(=Cc4[nH]c(=O)[nH]c4O)c3n2)c(Cl)c1. The van der Waals surface area contributed by atoms with Crippen LogP contribution in [0.25, 0.3) is 11.7 Å². The highest BCUT2D eigenvalue weighted by Crippen LogP contribution is 2.31. The number of aromatic nitrogens is 6. The molecule has 4 aromatic rings. The highest BCUT2D eigenvalue weighted by atomic mass is 35.5. The molecule has 31 heavy (non-hydrogen) atoms. The molecule has 0 atom stereocenters. The summed E-state index contributed by atoms with van der Waals surface area (Å²) in [5, 5.41) is 15.0. The molecule has 1 saturated carbocycles. The van der Waals surface area contributed by atoms with E-state index in [1.165, 1.54) is 16.8 Å². The zero-order chi connectivity index (χ0) is 21.5. The van der Waals surface area contributed by atoms with Crippen LogP contribution in [0.3, 0.4) is 0 Å². The van der Waals surface area contributed by atoms with Gasteiger partial charge < -0.3 is 19.6 Å². The minimum absolute atomic E-state index is 0.0286. The van der Waals surface area contributed by atoms with Crippen LogP contribution < -0.4 is 26.0 Å². The van der Waals surface area contributed by atoms with E-state index in [-0.39, 0.29) is 23.6 Å². The summed E-state index contributed by atoms with van der Waals surface area (Å²) in [5.41, 5.74) is 0.381. The summed E-state index contributed by atoms with van der Waals surface area (Å²) >= 11 is 6.27. The third-order valence-corrected chi connectivity index (χ3v) is 4.87. The van der Waals surface area contributed by atoms with Gasteiger partial charge in [-0.2, -0.15) is 19.6 Å². The van der Waals surface area contributed by atoms with Crippen LogP contribution in [0.1, 0.15) is 18.5 Å². The fraction of sp³-hybridized carbons (Fsp3) is 0.211. The number of hydrogen-bond donors (Lipinski definition) is 3. The van der Waals surface area contributed by atoms with Gasteiger partial charge in [0.2, 0.25) is 5.88 Å². The summed E-state index contributed by atoms with van der Waals surface area (Å²) in [7, 11) is 1.54. The molecule has 3 N–H and O–H groups in total. The molecule has 0 unspecified atom stereocenters. The minimum atomic E-state index is -0.530. The monoisotopic (exact) mass is 441 g/mol. The summed E-state index contributed by atoms with van der Waals surface area (Å²) < 4.78 is 12.5. The summed E-state index contributed by atoms with van der Waals surface area (Å²) in [6.07, 6.45) is 5.02. The van der Waals surface area contributed by atoms with Crippen molar-refractivity contribution in [2.24, 2.45) is 4.99 Å². The average Bonchev–Trinajstić information content (AvgIpc) is 3.38. The topological polar surface area (TPSA) is 143 Å². The van der Waals surface area contributed by atoms with Gasteiger partial charge in [-0.25, -0.2) is 9.79 Å². The lowest BCUT2D eigenvalue weighted by atomic mass is 10.3. The maximum atomic E-state index is 11.4. The first kappa shape index (κ1) is 19.1. The van der Waals surface area contributed by atoms with Gasteiger partial charge in [0.25, 0.3) is 5.62 Å². The fourth-order valence-electron chi connectivity index (χ4n) is 2.90. The minimum Gasteiger partial charge on any atom is -0.497 e. The molecule has 0 aliphatic heterocycles. The first-order valence-electron chi connectivity index (χ1n) is 9.34. The van der Waals surface area contributed by atoms with Crippen LogP contribution in [0, 0.1) is 0 Å². The molecular weight excluding hydrogens is 426 g/mol. The maximum absolute atomic E-state index is 11.4. The van der Waals surface area contributed by atoms with Gasteiger partial charge in [0, 0.05) is 11.3 Å². The van der Waals surface area contributed by atoms with Gasteiger partial charge >= 0.3 is 11.7 Å². The van der Waals surface area contributed by atoms with E-state index in [0.29, 0.717) is 33.0 Å². The first-order valence-corrected chi connectivity index (χ1v) is 9.72. The predicted molar refractivity (Wildman–Crippen MR) is 109 cm³/mol. The number of aromatic amines is 2. The third-order valence-electron chi connectivity index (χ3n) is 4.58. The molecule has 3 heterocycles. The Kier molecular flexibility index (Phi) is 4.59. The molecule has 0 spiro atoms. The Morgan fingerprint density at radius 2 is 2.16 bits per heavy atom. The van der Waals surface area contributed by atoms with Crippen molar-refractivity contribution in [1.82, 2.24) is 29.5 Å². The largest absolute Gasteiger partial charge is 0.497 e. The number of H-pyrrole nitrogens is 2. The standard InChI is InChI=1S/C19H16ClN7O4/c1-30-11-4-5-14(12(20)7-11)31-19-24-15-9(6-13-16(28)25-18(29)23-13)8-21-27(15)17(26-19)22-10-2-3-10/h4-8,10,28H,2-3H2,1H3,(H2,23,25,29). The second kappa shape index (κ2) is 7.43. The van der Waals surface area contributed by atoms with E-state index in [4.69, 9.17) is 21.1 Å². The maximum Gasteiger partial charge on any atom is 0.327 e. The van der Waals surface area contributed by atoms with E-state index in [1.807, 2.05) is 0 Å². The lowest BCUT2D eigenvalue weighted by Gasteiger charge is -2.07. The Balaban J connectivity index is 1.65. The Hall–Kier alpha value is -3.86. The lowest BCUT2D eigenvalue weighted by Crippen LogP contribution is -2.23. The van der Waals surface area contributed by atoms with Crippen LogP contribution in [-0.2, 0) is 0 Å². The molecule has 0 bridgehead atoms. The highest BCUT2D eigenvalue weighted by molar-refractivity contribution is 6.32. The van der Waals surface area contributed by atoms with Crippen LogP contribution in [-0.4, -0.2) is 47.8 Å². The number of fused-ring (bicyclic) bond motifs is 1. The molecule has 0 radical (unpaired) electrons.